The maximum atomic E-state index is 12.4. The van der Waals surface area contributed by atoms with E-state index in [1.54, 1.807) is 30.1 Å². The molecule has 7 nitrogen and oxygen atoms in total. The highest BCUT2D eigenvalue weighted by atomic mass is 35.5. The van der Waals surface area contributed by atoms with E-state index in [-0.39, 0.29) is 24.6 Å². The minimum Gasteiger partial charge on any atom is -0.376 e. The number of likely N-dealkylation sites (N-methyl/N-ethyl adjacent to an activating group) is 1. The van der Waals surface area contributed by atoms with E-state index in [0.29, 0.717) is 22.9 Å². The molecular formula is C17H24ClN3O4. The van der Waals surface area contributed by atoms with Crippen LogP contribution in [0.2, 0.25) is 5.02 Å². The molecule has 1 aliphatic heterocycles. The number of ether oxygens (including phenoxy) is 2. The second-order valence-corrected chi connectivity index (χ2v) is 6.38. The third-order valence-electron chi connectivity index (χ3n) is 3.87. The summed E-state index contributed by atoms with van der Waals surface area (Å²) in [4.78, 5) is 25.5. The van der Waals surface area contributed by atoms with Crippen LogP contribution in [0.25, 0.3) is 0 Å². The molecule has 1 aromatic rings. The van der Waals surface area contributed by atoms with Gasteiger partial charge in [-0.25, -0.2) is 4.79 Å². The van der Waals surface area contributed by atoms with Gasteiger partial charge in [-0.2, -0.15) is 0 Å². The van der Waals surface area contributed by atoms with Crippen molar-refractivity contribution in [2.24, 2.45) is 0 Å². The fraction of sp³-hybridized carbons (Fsp3) is 0.529. The number of carbonyl (C=O) groups excluding carboxylic acids is 2. The predicted molar refractivity (Wildman–Crippen MR) is 97.2 cm³/mol. The first-order valence-electron chi connectivity index (χ1n) is 8.21. The molecule has 138 valence electrons. The van der Waals surface area contributed by atoms with Crippen molar-refractivity contribution in [3.63, 3.8) is 0 Å². The van der Waals surface area contributed by atoms with Crippen LogP contribution in [0.1, 0.15) is 19.3 Å². The van der Waals surface area contributed by atoms with Crippen LogP contribution in [0.15, 0.2) is 18.2 Å². The van der Waals surface area contributed by atoms with Gasteiger partial charge in [-0.05, 0) is 37.5 Å². The average molecular weight is 370 g/mol. The maximum Gasteiger partial charge on any atom is 0.321 e. The van der Waals surface area contributed by atoms with Crippen LogP contribution in [-0.2, 0) is 14.3 Å². The second kappa shape index (κ2) is 9.60. The monoisotopic (exact) mass is 369 g/mol. The summed E-state index contributed by atoms with van der Waals surface area (Å²) < 4.78 is 10.4. The SMILES string of the molecule is COCC(=O)Nc1ccc(Cl)c(NC(=O)N(C)C[C@H]2CCCCO2)c1. The summed E-state index contributed by atoms with van der Waals surface area (Å²) >= 11 is 6.14. The van der Waals surface area contributed by atoms with Crippen molar-refractivity contribution in [3.05, 3.63) is 23.2 Å². The molecular weight excluding hydrogens is 346 g/mol. The van der Waals surface area contributed by atoms with Gasteiger partial charge in [-0.3, -0.25) is 4.79 Å². The molecule has 0 saturated carbocycles. The van der Waals surface area contributed by atoms with Gasteiger partial charge < -0.3 is 25.0 Å². The lowest BCUT2D eigenvalue weighted by molar-refractivity contribution is -0.119. The lowest BCUT2D eigenvalue weighted by Crippen LogP contribution is -2.39. The van der Waals surface area contributed by atoms with E-state index in [4.69, 9.17) is 21.1 Å². The summed E-state index contributed by atoms with van der Waals surface area (Å²) in [5, 5.41) is 5.82. The number of halogens is 1. The Labute approximate surface area is 152 Å². The molecule has 25 heavy (non-hydrogen) atoms. The number of hydrogen-bond donors (Lipinski definition) is 2. The topological polar surface area (TPSA) is 79.9 Å². The average Bonchev–Trinajstić information content (AvgIpc) is 2.59. The molecule has 0 radical (unpaired) electrons. The molecule has 0 aliphatic carbocycles. The standard InChI is InChI=1S/C17H24ClN3O4/c1-21(10-13-5-3-4-8-25-13)17(23)20-15-9-12(6-7-14(15)18)19-16(22)11-24-2/h6-7,9,13H,3-5,8,10-11H2,1-2H3,(H,19,22)(H,20,23)/t13-/m1/s1. The van der Waals surface area contributed by atoms with Gasteiger partial charge in [0, 0.05) is 33.0 Å². The zero-order valence-corrected chi connectivity index (χ0v) is 15.3. The highest BCUT2D eigenvalue weighted by Crippen LogP contribution is 2.26. The lowest BCUT2D eigenvalue weighted by atomic mass is 10.1. The fourth-order valence-corrected chi connectivity index (χ4v) is 2.74. The molecule has 0 unspecified atom stereocenters. The number of nitrogens with zero attached hydrogens (tertiary/aromatic N) is 1. The van der Waals surface area contributed by atoms with E-state index in [0.717, 1.165) is 25.9 Å². The summed E-state index contributed by atoms with van der Waals surface area (Å²) in [6.45, 7) is 1.22. The van der Waals surface area contributed by atoms with Gasteiger partial charge in [-0.1, -0.05) is 11.6 Å². The molecule has 1 heterocycles. The Kier molecular flexibility index (Phi) is 7.49. The van der Waals surface area contributed by atoms with Gasteiger partial charge in [0.05, 0.1) is 16.8 Å². The minimum atomic E-state index is -0.284. The van der Waals surface area contributed by atoms with Crippen LogP contribution in [0.4, 0.5) is 16.2 Å². The Morgan fingerprint density at radius 3 is 2.84 bits per heavy atom. The van der Waals surface area contributed by atoms with Crippen molar-refractivity contribution in [3.8, 4) is 0 Å². The van der Waals surface area contributed by atoms with Crippen molar-refractivity contribution in [2.45, 2.75) is 25.4 Å². The largest absolute Gasteiger partial charge is 0.376 e. The molecule has 0 bridgehead atoms. The third-order valence-corrected chi connectivity index (χ3v) is 4.19. The Balaban J connectivity index is 1.95. The quantitative estimate of drug-likeness (QED) is 0.807. The van der Waals surface area contributed by atoms with Crippen molar-refractivity contribution < 1.29 is 19.1 Å². The first-order chi connectivity index (χ1) is 12.0. The van der Waals surface area contributed by atoms with Gasteiger partial charge in [-0.15, -0.1) is 0 Å². The van der Waals surface area contributed by atoms with Gasteiger partial charge in [0.1, 0.15) is 6.61 Å². The molecule has 2 N–H and O–H groups in total. The minimum absolute atomic E-state index is 0.0472. The Hall–Kier alpha value is -1.83. The van der Waals surface area contributed by atoms with Gasteiger partial charge in [0.15, 0.2) is 0 Å². The Bertz CT molecular complexity index is 606. The molecule has 1 fully saturated rings. The number of rotatable bonds is 6. The second-order valence-electron chi connectivity index (χ2n) is 5.98. The summed E-state index contributed by atoms with van der Waals surface area (Å²) in [6.07, 6.45) is 3.22. The highest BCUT2D eigenvalue weighted by molar-refractivity contribution is 6.33. The smallest absolute Gasteiger partial charge is 0.321 e. The molecule has 3 amide bonds. The molecule has 0 spiro atoms. The van der Waals surface area contributed by atoms with E-state index in [9.17, 15) is 9.59 Å². The number of nitrogens with one attached hydrogen (secondary N) is 2. The van der Waals surface area contributed by atoms with E-state index in [1.165, 1.54) is 7.11 Å². The molecule has 1 saturated heterocycles. The van der Waals surface area contributed by atoms with Crippen LogP contribution >= 0.6 is 11.6 Å². The number of urea groups is 1. The third kappa shape index (κ3) is 6.19. The normalized spacial score (nSPS) is 17.0. The Morgan fingerprint density at radius 2 is 2.16 bits per heavy atom. The number of anilines is 2. The van der Waals surface area contributed by atoms with Crippen molar-refractivity contribution in [1.29, 1.82) is 0 Å². The first kappa shape index (κ1) is 19.5. The van der Waals surface area contributed by atoms with Crippen molar-refractivity contribution >= 4 is 34.9 Å². The summed E-state index contributed by atoms with van der Waals surface area (Å²) in [7, 11) is 3.16. The molecule has 1 atom stereocenters. The maximum absolute atomic E-state index is 12.4. The van der Waals surface area contributed by atoms with Crippen LogP contribution < -0.4 is 10.6 Å². The number of carbonyl (C=O) groups is 2. The van der Waals surface area contributed by atoms with Gasteiger partial charge in [0.25, 0.3) is 0 Å². The van der Waals surface area contributed by atoms with Crippen molar-refractivity contribution in [1.82, 2.24) is 4.90 Å². The molecule has 2 rings (SSSR count). The predicted octanol–water partition coefficient (Wildman–Crippen LogP) is 2.96. The Morgan fingerprint density at radius 1 is 1.36 bits per heavy atom. The number of amides is 3. The number of benzene rings is 1. The van der Waals surface area contributed by atoms with Crippen LogP contribution in [0, 0.1) is 0 Å². The lowest BCUT2D eigenvalue weighted by Gasteiger charge is -2.27. The fourth-order valence-electron chi connectivity index (χ4n) is 2.58. The number of hydrogen-bond acceptors (Lipinski definition) is 4. The molecule has 1 aliphatic rings. The van der Waals surface area contributed by atoms with Gasteiger partial charge in [0.2, 0.25) is 5.91 Å². The summed E-state index contributed by atoms with van der Waals surface area (Å²) in [5.41, 5.74) is 0.957. The van der Waals surface area contributed by atoms with E-state index in [2.05, 4.69) is 10.6 Å². The molecule has 0 aromatic heterocycles. The number of methoxy groups -OCH3 is 1. The van der Waals surface area contributed by atoms with Crippen LogP contribution in [0.5, 0.6) is 0 Å². The van der Waals surface area contributed by atoms with Gasteiger partial charge >= 0.3 is 6.03 Å². The summed E-state index contributed by atoms with van der Waals surface area (Å²) in [5.74, 6) is -0.284. The molecule has 8 heteroatoms. The van der Waals surface area contributed by atoms with Crippen LogP contribution in [0.3, 0.4) is 0 Å². The van der Waals surface area contributed by atoms with E-state index < -0.39 is 0 Å². The summed E-state index contributed by atoms with van der Waals surface area (Å²) in [6, 6.07) is 4.60. The van der Waals surface area contributed by atoms with Crippen LogP contribution in [-0.4, -0.2) is 56.9 Å². The molecule has 1 aromatic carbocycles. The first-order valence-corrected chi connectivity index (χ1v) is 8.59. The zero-order valence-electron chi connectivity index (χ0n) is 14.5. The van der Waals surface area contributed by atoms with E-state index in [1.807, 2.05) is 0 Å². The highest BCUT2D eigenvalue weighted by Gasteiger charge is 2.19. The zero-order chi connectivity index (χ0) is 18.2. The van der Waals surface area contributed by atoms with E-state index >= 15 is 0 Å². The van der Waals surface area contributed by atoms with Crippen molar-refractivity contribution in [2.75, 3.05) is 44.5 Å².